The molecule has 20 heavy (non-hydrogen) atoms. The Bertz CT molecular complexity index is 412. The summed E-state index contributed by atoms with van der Waals surface area (Å²) in [4.78, 5) is 15.2. The topological polar surface area (TPSA) is 32.3 Å². The van der Waals surface area contributed by atoms with Crippen LogP contribution in [0.25, 0.3) is 0 Å². The molecule has 0 radical (unpaired) electrons. The smallest absolute Gasteiger partial charge is 0.179 e. The van der Waals surface area contributed by atoms with Gasteiger partial charge in [-0.05, 0) is 38.9 Å². The Hall–Kier alpha value is -1.19. The number of nitrogens with zero attached hydrogens (tertiary/aromatic N) is 1. The summed E-state index contributed by atoms with van der Waals surface area (Å²) in [6.07, 6.45) is 3.17. The van der Waals surface area contributed by atoms with Crippen LogP contribution in [-0.4, -0.2) is 42.4 Å². The predicted molar refractivity (Wildman–Crippen MR) is 83.1 cm³/mol. The van der Waals surface area contributed by atoms with Gasteiger partial charge in [-0.25, -0.2) is 0 Å². The number of rotatable bonds is 6. The lowest BCUT2D eigenvalue weighted by Gasteiger charge is -2.38. The van der Waals surface area contributed by atoms with Crippen LogP contribution < -0.4 is 5.32 Å². The van der Waals surface area contributed by atoms with Gasteiger partial charge in [-0.2, -0.15) is 0 Å². The van der Waals surface area contributed by atoms with Crippen LogP contribution >= 0.6 is 0 Å². The van der Waals surface area contributed by atoms with E-state index in [-0.39, 0.29) is 11.8 Å². The van der Waals surface area contributed by atoms with Crippen molar-refractivity contribution in [1.29, 1.82) is 0 Å². The van der Waals surface area contributed by atoms with Gasteiger partial charge in [-0.1, -0.05) is 44.2 Å². The first-order valence-electron chi connectivity index (χ1n) is 7.83. The first-order valence-corrected chi connectivity index (χ1v) is 7.83. The summed E-state index contributed by atoms with van der Waals surface area (Å²) in [6.45, 7) is 7.37. The Morgan fingerprint density at radius 1 is 1.25 bits per heavy atom. The summed E-state index contributed by atoms with van der Waals surface area (Å²) in [6, 6.07) is 10.3. The van der Waals surface area contributed by atoms with Gasteiger partial charge in [0.1, 0.15) is 0 Å². The SMILES string of the molecule is CCC(C(=O)c1ccccc1)N(CC)C1CCNCC1. The molecular weight excluding hydrogens is 248 g/mol. The molecule has 110 valence electrons. The molecule has 1 atom stereocenters. The van der Waals surface area contributed by atoms with Gasteiger partial charge in [-0.3, -0.25) is 9.69 Å². The van der Waals surface area contributed by atoms with Crippen molar-refractivity contribution in [3.05, 3.63) is 35.9 Å². The number of likely N-dealkylation sites (N-methyl/N-ethyl adjacent to an activating group) is 1. The van der Waals surface area contributed by atoms with Crippen molar-refractivity contribution < 1.29 is 4.79 Å². The molecule has 1 N–H and O–H groups in total. The van der Waals surface area contributed by atoms with Crippen molar-refractivity contribution in [2.45, 2.75) is 45.2 Å². The number of ketones is 1. The zero-order chi connectivity index (χ0) is 14.4. The third-order valence-corrected chi connectivity index (χ3v) is 4.29. The summed E-state index contributed by atoms with van der Waals surface area (Å²) in [5.41, 5.74) is 0.840. The molecule has 2 rings (SSSR count). The second kappa shape index (κ2) is 7.55. The number of Topliss-reactive ketones (excluding diaryl/α,β-unsaturated/α-hetero) is 1. The zero-order valence-corrected chi connectivity index (χ0v) is 12.6. The molecule has 0 amide bonds. The van der Waals surface area contributed by atoms with Gasteiger partial charge in [0.25, 0.3) is 0 Å². The largest absolute Gasteiger partial charge is 0.317 e. The molecule has 1 unspecified atom stereocenters. The number of piperidine rings is 1. The van der Waals surface area contributed by atoms with Gasteiger partial charge in [0, 0.05) is 11.6 Å². The molecule has 1 fully saturated rings. The van der Waals surface area contributed by atoms with Crippen molar-refractivity contribution in [2.75, 3.05) is 19.6 Å². The highest BCUT2D eigenvalue weighted by Gasteiger charge is 2.30. The van der Waals surface area contributed by atoms with Gasteiger partial charge < -0.3 is 5.32 Å². The highest BCUT2D eigenvalue weighted by Crippen LogP contribution is 2.20. The van der Waals surface area contributed by atoms with Gasteiger partial charge in [0.05, 0.1) is 6.04 Å². The third kappa shape index (κ3) is 3.47. The second-order valence-corrected chi connectivity index (χ2v) is 5.47. The number of benzene rings is 1. The normalized spacial score (nSPS) is 18.1. The lowest BCUT2D eigenvalue weighted by atomic mass is 9.96. The summed E-state index contributed by atoms with van der Waals surface area (Å²) in [5, 5.41) is 3.40. The first kappa shape index (κ1) is 15.2. The fraction of sp³-hybridized carbons (Fsp3) is 0.588. The maximum atomic E-state index is 12.8. The van der Waals surface area contributed by atoms with E-state index in [0.29, 0.717) is 6.04 Å². The van der Waals surface area contributed by atoms with Crippen LogP contribution in [0.4, 0.5) is 0 Å². The zero-order valence-electron chi connectivity index (χ0n) is 12.6. The minimum atomic E-state index is 0.0190. The Labute approximate surface area is 122 Å². The van der Waals surface area contributed by atoms with Crippen LogP contribution in [0.5, 0.6) is 0 Å². The number of carbonyl (C=O) groups is 1. The van der Waals surface area contributed by atoms with E-state index in [1.807, 2.05) is 30.3 Å². The standard InChI is InChI=1S/C17H26N2O/c1-3-16(17(20)14-8-6-5-7-9-14)19(4-2)15-10-12-18-13-11-15/h5-9,15-16,18H,3-4,10-13H2,1-2H3. The number of hydrogen-bond donors (Lipinski definition) is 1. The minimum Gasteiger partial charge on any atom is -0.317 e. The third-order valence-electron chi connectivity index (χ3n) is 4.29. The molecule has 3 nitrogen and oxygen atoms in total. The van der Waals surface area contributed by atoms with Crippen LogP contribution in [0.2, 0.25) is 0 Å². The molecule has 0 spiro atoms. The molecule has 0 aliphatic carbocycles. The average Bonchev–Trinajstić information content (AvgIpc) is 2.53. The molecule has 1 aliphatic rings. The van der Waals surface area contributed by atoms with Gasteiger partial charge in [0.2, 0.25) is 0 Å². The molecule has 3 heteroatoms. The van der Waals surface area contributed by atoms with E-state index in [1.165, 1.54) is 0 Å². The minimum absolute atomic E-state index is 0.0190. The van der Waals surface area contributed by atoms with E-state index in [0.717, 1.165) is 44.5 Å². The maximum Gasteiger partial charge on any atom is 0.179 e. The van der Waals surface area contributed by atoms with Crippen LogP contribution in [-0.2, 0) is 0 Å². The highest BCUT2D eigenvalue weighted by molar-refractivity contribution is 6.00. The summed E-state index contributed by atoms with van der Waals surface area (Å²) in [5.74, 6) is 0.272. The lowest BCUT2D eigenvalue weighted by Crippen LogP contribution is -2.50. The Balaban J connectivity index is 2.14. The van der Waals surface area contributed by atoms with E-state index in [9.17, 15) is 4.79 Å². The number of carbonyl (C=O) groups excluding carboxylic acids is 1. The molecule has 0 aromatic heterocycles. The molecular formula is C17H26N2O. The summed E-state index contributed by atoms with van der Waals surface area (Å²) >= 11 is 0. The van der Waals surface area contributed by atoms with Crippen LogP contribution in [0.15, 0.2) is 30.3 Å². The van der Waals surface area contributed by atoms with E-state index in [2.05, 4.69) is 24.1 Å². The molecule has 1 heterocycles. The van der Waals surface area contributed by atoms with Crippen LogP contribution in [0.1, 0.15) is 43.5 Å². The average molecular weight is 274 g/mol. The predicted octanol–water partition coefficient (Wildman–Crippen LogP) is 2.72. The molecule has 0 bridgehead atoms. The molecule has 1 aromatic rings. The van der Waals surface area contributed by atoms with E-state index < -0.39 is 0 Å². The van der Waals surface area contributed by atoms with Crippen molar-refractivity contribution in [3.63, 3.8) is 0 Å². The highest BCUT2D eigenvalue weighted by atomic mass is 16.1. The first-order chi connectivity index (χ1) is 9.77. The molecule has 0 saturated carbocycles. The van der Waals surface area contributed by atoms with Crippen LogP contribution in [0.3, 0.4) is 0 Å². The monoisotopic (exact) mass is 274 g/mol. The number of hydrogen-bond acceptors (Lipinski definition) is 3. The van der Waals surface area contributed by atoms with Crippen LogP contribution in [0, 0.1) is 0 Å². The molecule has 1 aromatic carbocycles. The van der Waals surface area contributed by atoms with Gasteiger partial charge in [-0.15, -0.1) is 0 Å². The summed E-state index contributed by atoms with van der Waals surface area (Å²) < 4.78 is 0. The molecule has 1 saturated heterocycles. The summed E-state index contributed by atoms with van der Waals surface area (Å²) in [7, 11) is 0. The Morgan fingerprint density at radius 3 is 2.45 bits per heavy atom. The molecule has 1 aliphatic heterocycles. The van der Waals surface area contributed by atoms with Gasteiger partial charge >= 0.3 is 0 Å². The fourth-order valence-electron chi connectivity index (χ4n) is 3.24. The van der Waals surface area contributed by atoms with E-state index in [4.69, 9.17) is 0 Å². The Kier molecular flexibility index (Phi) is 5.74. The van der Waals surface area contributed by atoms with Crippen molar-refractivity contribution in [1.82, 2.24) is 10.2 Å². The quantitative estimate of drug-likeness (QED) is 0.810. The lowest BCUT2D eigenvalue weighted by molar-refractivity contribution is 0.0685. The second-order valence-electron chi connectivity index (χ2n) is 5.47. The fourth-order valence-corrected chi connectivity index (χ4v) is 3.24. The van der Waals surface area contributed by atoms with Crippen molar-refractivity contribution in [3.8, 4) is 0 Å². The van der Waals surface area contributed by atoms with Crippen molar-refractivity contribution in [2.24, 2.45) is 0 Å². The Morgan fingerprint density at radius 2 is 1.90 bits per heavy atom. The van der Waals surface area contributed by atoms with E-state index >= 15 is 0 Å². The van der Waals surface area contributed by atoms with Gasteiger partial charge in [0.15, 0.2) is 5.78 Å². The van der Waals surface area contributed by atoms with E-state index in [1.54, 1.807) is 0 Å². The van der Waals surface area contributed by atoms with Crippen molar-refractivity contribution >= 4 is 5.78 Å². The maximum absolute atomic E-state index is 12.8. The number of nitrogens with one attached hydrogen (secondary N) is 1.